The Labute approximate surface area is 239 Å². The third kappa shape index (κ3) is 7.03. The van der Waals surface area contributed by atoms with E-state index in [-0.39, 0.29) is 36.5 Å². The molecule has 0 aliphatic carbocycles. The first-order valence-corrected chi connectivity index (χ1v) is 13.3. The summed E-state index contributed by atoms with van der Waals surface area (Å²) < 4.78 is 11.4. The number of amides is 2. The Bertz CT molecular complexity index is 1390. The fourth-order valence-corrected chi connectivity index (χ4v) is 4.61. The van der Waals surface area contributed by atoms with E-state index in [4.69, 9.17) is 14.9 Å². The number of Topliss-reactive ketones (excluding diaryl/α,β-unsaturated/α-hetero) is 1. The largest absolute Gasteiger partial charge is 0.493 e. The average Bonchev–Trinajstić information content (AvgIpc) is 3.19. The van der Waals surface area contributed by atoms with Crippen molar-refractivity contribution in [3.8, 4) is 11.5 Å². The molecule has 0 radical (unpaired) electrons. The van der Waals surface area contributed by atoms with Crippen molar-refractivity contribution in [3.63, 3.8) is 0 Å². The maximum atomic E-state index is 13.7. The second kappa shape index (κ2) is 12.4. The Hall–Kier alpha value is -4.41. The quantitative estimate of drug-likeness (QED) is 0.351. The van der Waals surface area contributed by atoms with Gasteiger partial charge in [-0.05, 0) is 42.2 Å². The van der Waals surface area contributed by atoms with E-state index >= 15 is 0 Å². The number of carboxylic acid groups (broad SMARTS) is 1. The molecule has 0 unspecified atom stereocenters. The van der Waals surface area contributed by atoms with Gasteiger partial charge in [-0.1, -0.05) is 20.8 Å². The van der Waals surface area contributed by atoms with Gasteiger partial charge in [-0.2, -0.15) is 0 Å². The zero-order chi connectivity index (χ0) is 30.6. The molecule has 220 valence electrons. The van der Waals surface area contributed by atoms with E-state index in [2.05, 4.69) is 5.32 Å². The number of carbonyl (C=O) groups is 4. The fourth-order valence-electron chi connectivity index (χ4n) is 4.61. The minimum absolute atomic E-state index is 0.103. The first-order chi connectivity index (χ1) is 19.2. The van der Waals surface area contributed by atoms with Crippen LogP contribution in [0, 0.1) is 5.41 Å². The molecule has 1 aliphatic heterocycles. The molecule has 3 N–H and O–H groups in total. The Kier molecular flexibility index (Phi) is 9.42. The van der Waals surface area contributed by atoms with E-state index < -0.39 is 18.0 Å². The predicted molar refractivity (Wildman–Crippen MR) is 153 cm³/mol. The van der Waals surface area contributed by atoms with Gasteiger partial charge in [0.05, 0.1) is 18.7 Å². The van der Waals surface area contributed by atoms with Crippen LogP contribution < -0.4 is 14.8 Å². The molecule has 0 saturated carbocycles. The number of rotatable bonds is 11. The smallest absolute Gasteiger partial charge is 0.341 e. The number of ether oxygens (including phenoxy) is 2. The number of benzene rings is 2. The normalized spacial score (nSPS) is 12.6. The monoisotopic (exact) mass is 566 g/mol. The summed E-state index contributed by atoms with van der Waals surface area (Å²) in [5.41, 5.74) is 2.62. The lowest BCUT2D eigenvalue weighted by molar-refractivity contribution is -0.139. The SMILES string of the molecule is CCOc1cc2c(cc1C(=O)NC)C(=N)N(CC(=O)c1cc(CN(C)C(C)=O)c(OCC(=O)O)c(C(C)(C)C)c1)C2. The molecule has 0 bridgehead atoms. The molecule has 0 fully saturated rings. The first kappa shape index (κ1) is 31.1. The summed E-state index contributed by atoms with van der Waals surface area (Å²) in [6.07, 6.45) is 0. The lowest BCUT2D eigenvalue weighted by Crippen LogP contribution is -2.31. The summed E-state index contributed by atoms with van der Waals surface area (Å²) in [4.78, 5) is 52.5. The van der Waals surface area contributed by atoms with Crippen molar-refractivity contribution in [1.82, 2.24) is 15.1 Å². The molecule has 41 heavy (non-hydrogen) atoms. The van der Waals surface area contributed by atoms with Crippen LogP contribution in [0.1, 0.15) is 77.6 Å². The molecule has 0 aromatic heterocycles. The molecule has 3 rings (SSSR count). The zero-order valence-corrected chi connectivity index (χ0v) is 24.6. The standard InChI is InChI=1S/C30H38N4O7/c1-8-40-25-11-19-14-34(28(31)21(19)12-22(25)29(39)32-6)15-24(36)18-9-20(13-33(7)17(2)35)27(41-16-26(37)38)23(10-18)30(3,4)5/h9-12,31H,8,13-16H2,1-7H3,(H,32,39)(H,37,38). The highest BCUT2D eigenvalue weighted by Crippen LogP contribution is 2.37. The molecule has 11 nitrogen and oxygen atoms in total. The van der Waals surface area contributed by atoms with Crippen LogP contribution in [0.4, 0.5) is 0 Å². The number of hydrogen-bond acceptors (Lipinski definition) is 7. The number of ketones is 1. The Balaban J connectivity index is 1.99. The molecule has 0 spiro atoms. The van der Waals surface area contributed by atoms with E-state index in [9.17, 15) is 24.3 Å². The number of fused-ring (bicyclic) bond motifs is 1. The second-order valence-electron chi connectivity index (χ2n) is 11.0. The van der Waals surface area contributed by atoms with Crippen LogP contribution in [0.15, 0.2) is 24.3 Å². The summed E-state index contributed by atoms with van der Waals surface area (Å²) in [5.74, 6) is -1.07. The molecule has 11 heteroatoms. The van der Waals surface area contributed by atoms with Crippen LogP contribution in [0.5, 0.6) is 11.5 Å². The fraction of sp³-hybridized carbons (Fsp3) is 0.433. The summed E-state index contributed by atoms with van der Waals surface area (Å²) >= 11 is 0. The van der Waals surface area contributed by atoms with Gasteiger partial charge in [0.1, 0.15) is 17.3 Å². The van der Waals surface area contributed by atoms with Crippen LogP contribution in [-0.4, -0.2) is 78.2 Å². The van der Waals surface area contributed by atoms with Gasteiger partial charge in [-0.15, -0.1) is 0 Å². The third-order valence-electron chi connectivity index (χ3n) is 6.82. The molecule has 2 amide bonds. The maximum absolute atomic E-state index is 13.7. The number of nitrogens with zero attached hydrogens (tertiary/aromatic N) is 2. The van der Waals surface area contributed by atoms with Gasteiger partial charge in [0.2, 0.25) is 5.91 Å². The third-order valence-corrected chi connectivity index (χ3v) is 6.82. The topological polar surface area (TPSA) is 149 Å². The number of carbonyl (C=O) groups excluding carboxylic acids is 3. The first-order valence-electron chi connectivity index (χ1n) is 13.3. The minimum atomic E-state index is -1.14. The van der Waals surface area contributed by atoms with Crippen LogP contribution >= 0.6 is 0 Å². The van der Waals surface area contributed by atoms with Crippen molar-refractivity contribution in [2.45, 2.75) is 53.1 Å². The van der Waals surface area contributed by atoms with Crippen LogP contribution in [0.2, 0.25) is 0 Å². The van der Waals surface area contributed by atoms with Crippen molar-refractivity contribution < 1.29 is 33.8 Å². The van der Waals surface area contributed by atoms with Crippen LogP contribution in [0.25, 0.3) is 0 Å². The summed E-state index contributed by atoms with van der Waals surface area (Å²) in [5, 5.41) is 20.6. The zero-order valence-electron chi connectivity index (χ0n) is 24.6. The average molecular weight is 567 g/mol. The van der Waals surface area contributed by atoms with Crippen molar-refractivity contribution >= 4 is 29.4 Å². The number of nitrogens with one attached hydrogen (secondary N) is 2. The van der Waals surface area contributed by atoms with Gasteiger partial charge in [0.25, 0.3) is 5.91 Å². The highest BCUT2D eigenvalue weighted by atomic mass is 16.5. The van der Waals surface area contributed by atoms with E-state index in [1.165, 1.54) is 18.9 Å². The Morgan fingerprint density at radius 2 is 1.80 bits per heavy atom. The molecular weight excluding hydrogens is 528 g/mol. The van der Waals surface area contributed by atoms with Gasteiger partial charge in [0.15, 0.2) is 12.4 Å². The van der Waals surface area contributed by atoms with E-state index in [1.807, 2.05) is 27.7 Å². The molecule has 0 saturated heterocycles. The molecule has 1 heterocycles. The highest BCUT2D eigenvalue weighted by Gasteiger charge is 2.31. The molecule has 1 aliphatic rings. The predicted octanol–water partition coefficient (Wildman–Crippen LogP) is 3.21. The van der Waals surface area contributed by atoms with Crippen LogP contribution in [-0.2, 0) is 28.1 Å². The van der Waals surface area contributed by atoms with Gasteiger partial charge < -0.3 is 29.7 Å². The van der Waals surface area contributed by atoms with E-state index in [0.717, 1.165) is 5.56 Å². The van der Waals surface area contributed by atoms with Crippen molar-refractivity contribution in [3.05, 3.63) is 57.6 Å². The van der Waals surface area contributed by atoms with Crippen LogP contribution in [0.3, 0.4) is 0 Å². The summed E-state index contributed by atoms with van der Waals surface area (Å²) in [6.45, 7) is 9.11. The van der Waals surface area contributed by atoms with E-state index in [0.29, 0.717) is 52.5 Å². The number of aliphatic carboxylic acids is 1. The number of amidine groups is 1. The number of hydrogen-bond donors (Lipinski definition) is 3. The van der Waals surface area contributed by atoms with Gasteiger partial charge in [0, 0.05) is 56.4 Å². The lowest BCUT2D eigenvalue weighted by atomic mass is 9.83. The minimum Gasteiger partial charge on any atom is -0.493 e. The van der Waals surface area contributed by atoms with Crippen molar-refractivity contribution in [2.75, 3.05) is 33.9 Å². The Morgan fingerprint density at radius 1 is 1.12 bits per heavy atom. The Morgan fingerprint density at radius 3 is 2.37 bits per heavy atom. The molecule has 2 aromatic carbocycles. The highest BCUT2D eigenvalue weighted by molar-refractivity contribution is 6.07. The van der Waals surface area contributed by atoms with Gasteiger partial charge >= 0.3 is 5.97 Å². The lowest BCUT2D eigenvalue weighted by Gasteiger charge is -2.27. The molecular formula is C30H38N4O7. The maximum Gasteiger partial charge on any atom is 0.341 e. The number of carboxylic acids is 1. The molecule has 2 aromatic rings. The summed E-state index contributed by atoms with van der Waals surface area (Å²) in [7, 11) is 3.13. The summed E-state index contributed by atoms with van der Waals surface area (Å²) in [6, 6.07) is 6.68. The second-order valence-corrected chi connectivity index (χ2v) is 11.0. The van der Waals surface area contributed by atoms with Crippen molar-refractivity contribution in [2.24, 2.45) is 0 Å². The molecule has 0 atom stereocenters. The van der Waals surface area contributed by atoms with E-state index in [1.54, 1.807) is 36.2 Å². The van der Waals surface area contributed by atoms with Crippen molar-refractivity contribution in [1.29, 1.82) is 5.41 Å². The van der Waals surface area contributed by atoms with Gasteiger partial charge in [-0.3, -0.25) is 19.8 Å². The van der Waals surface area contributed by atoms with Gasteiger partial charge in [-0.25, -0.2) is 4.79 Å².